The predicted molar refractivity (Wildman–Crippen MR) is 72.7 cm³/mol. The fourth-order valence-corrected chi connectivity index (χ4v) is 2.70. The van der Waals surface area contributed by atoms with Crippen LogP contribution in [-0.2, 0) is 9.53 Å². The Labute approximate surface area is 120 Å². The van der Waals surface area contributed by atoms with Gasteiger partial charge in [0.05, 0.1) is 19.2 Å². The summed E-state index contributed by atoms with van der Waals surface area (Å²) in [4.78, 5) is 28.8. The molecule has 8 heteroatoms. The number of nitrogens with zero attached hydrogens (tertiary/aromatic N) is 2. The minimum Gasteiger partial charge on any atom is -0.479 e. The molecule has 1 saturated heterocycles. The highest BCUT2D eigenvalue weighted by atomic mass is 32.1. The van der Waals surface area contributed by atoms with Crippen molar-refractivity contribution < 1.29 is 19.4 Å². The third-order valence-corrected chi connectivity index (χ3v) is 4.12. The number of carboxylic acid groups (broad SMARTS) is 1. The van der Waals surface area contributed by atoms with Gasteiger partial charge in [-0.25, -0.2) is 14.6 Å². The van der Waals surface area contributed by atoms with E-state index >= 15 is 0 Å². The van der Waals surface area contributed by atoms with E-state index in [-0.39, 0.29) is 25.2 Å². The van der Waals surface area contributed by atoms with E-state index in [1.54, 1.807) is 0 Å². The van der Waals surface area contributed by atoms with Crippen LogP contribution in [0, 0.1) is 6.92 Å². The van der Waals surface area contributed by atoms with Crippen molar-refractivity contribution in [3.8, 4) is 0 Å². The first kappa shape index (κ1) is 14.7. The fraction of sp³-hybridized carbons (Fsp3) is 0.583. The lowest BCUT2D eigenvalue weighted by atomic mass is 10.3. The number of aromatic nitrogens is 1. The number of rotatable bonds is 3. The number of carboxylic acids is 1. The second-order valence-corrected chi connectivity index (χ2v) is 5.53. The molecular formula is C12H17N3O4S. The Balaban J connectivity index is 1.92. The molecule has 110 valence electrons. The molecule has 7 nitrogen and oxygen atoms in total. The van der Waals surface area contributed by atoms with Crippen molar-refractivity contribution in [1.82, 2.24) is 15.2 Å². The summed E-state index contributed by atoms with van der Waals surface area (Å²) in [7, 11) is 0. The highest BCUT2D eigenvalue weighted by molar-refractivity contribution is 7.09. The average Bonchev–Trinajstić information content (AvgIpc) is 2.85. The summed E-state index contributed by atoms with van der Waals surface area (Å²) in [5.41, 5.74) is 0.920. The molecular weight excluding hydrogens is 282 g/mol. The smallest absolute Gasteiger partial charge is 0.334 e. The van der Waals surface area contributed by atoms with Crippen molar-refractivity contribution >= 4 is 23.3 Å². The zero-order valence-corrected chi connectivity index (χ0v) is 12.1. The minimum absolute atomic E-state index is 0.0603. The zero-order chi connectivity index (χ0) is 14.7. The summed E-state index contributed by atoms with van der Waals surface area (Å²) in [5, 5.41) is 14.5. The normalized spacial score (nSPS) is 20.5. The number of carbonyl (C=O) groups is 2. The second kappa shape index (κ2) is 6.19. The number of amides is 2. The van der Waals surface area contributed by atoms with Gasteiger partial charge >= 0.3 is 12.0 Å². The Bertz CT molecular complexity index is 505. The summed E-state index contributed by atoms with van der Waals surface area (Å²) in [6.07, 6.45) is -0.952. The van der Waals surface area contributed by atoms with Gasteiger partial charge in [0, 0.05) is 17.6 Å². The van der Waals surface area contributed by atoms with Crippen molar-refractivity contribution in [3.63, 3.8) is 0 Å². The maximum absolute atomic E-state index is 12.1. The minimum atomic E-state index is -1.05. The van der Waals surface area contributed by atoms with E-state index in [9.17, 15) is 9.59 Å². The molecule has 2 heterocycles. The fourth-order valence-electron chi connectivity index (χ4n) is 1.89. The van der Waals surface area contributed by atoms with Crippen LogP contribution < -0.4 is 5.32 Å². The van der Waals surface area contributed by atoms with Gasteiger partial charge in [-0.15, -0.1) is 11.3 Å². The highest BCUT2D eigenvalue weighted by Crippen LogP contribution is 2.18. The molecule has 0 spiro atoms. The molecule has 2 rings (SSSR count). The highest BCUT2D eigenvalue weighted by Gasteiger charge is 2.29. The number of morpholine rings is 1. The Morgan fingerprint density at radius 2 is 2.40 bits per heavy atom. The topological polar surface area (TPSA) is 91.8 Å². The van der Waals surface area contributed by atoms with E-state index in [0.29, 0.717) is 6.54 Å². The monoisotopic (exact) mass is 299 g/mol. The van der Waals surface area contributed by atoms with Crippen LogP contribution in [0.3, 0.4) is 0 Å². The maximum atomic E-state index is 12.1. The van der Waals surface area contributed by atoms with Gasteiger partial charge in [-0.2, -0.15) is 0 Å². The summed E-state index contributed by atoms with van der Waals surface area (Å²) in [6, 6.07) is -0.493. The number of aryl methyl sites for hydroxylation is 1. The quantitative estimate of drug-likeness (QED) is 0.869. The molecule has 0 aromatic carbocycles. The average molecular weight is 299 g/mol. The van der Waals surface area contributed by atoms with Gasteiger partial charge in [0.25, 0.3) is 0 Å². The summed E-state index contributed by atoms with van der Waals surface area (Å²) in [6.45, 7) is 4.43. The van der Waals surface area contributed by atoms with E-state index in [1.165, 1.54) is 16.2 Å². The number of nitrogens with one attached hydrogen (secondary N) is 1. The molecule has 2 amide bonds. The van der Waals surface area contributed by atoms with E-state index in [2.05, 4.69) is 10.3 Å². The molecule has 2 N–H and O–H groups in total. The van der Waals surface area contributed by atoms with Crippen molar-refractivity contribution in [2.45, 2.75) is 26.0 Å². The molecule has 0 aliphatic carbocycles. The van der Waals surface area contributed by atoms with E-state index in [1.807, 2.05) is 19.2 Å². The molecule has 0 radical (unpaired) electrons. The van der Waals surface area contributed by atoms with Gasteiger partial charge in [0.2, 0.25) is 0 Å². The Morgan fingerprint density at radius 3 is 3.00 bits per heavy atom. The molecule has 1 fully saturated rings. The van der Waals surface area contributed by atoms with Crippen LogP contribution in [0.1, 0.15) is 23.7 Å². The van der Waals surface area contributed by atoms with Crippen molar-refractivity contribution in [2.24, 2.45) is 0 Å². The van der Waals surface area contributed by atoms with Gasteiger partial charge in [-0.3, -0.25) is 0 Å². The van der Waals surface area contributed by atoms with E-state index < -0.39 is 12.1 Å². The van der Waals surface area contributed by atoms with E-state index in [0.717, 1.165) is 10.7 Å². The Kier molecular flexibility index (Phi) is 4.56. The summed E-state index contributed by atoms with van der Waals surface area (Å²) >= 11 is 1.49. The van der Waals surface area contributed by atoms with Crippen LogP contribution >= 0.6 is 11.3 Å². The van der Waals surface area contributed by atoms with Crippen LogP contribution in [0.5, 0.6) is 0 Å². The van der Waals surface area contributed by atoms with Gasteiger partial charge in [0.1, 0.15) is 5.01 Å². The van der Waals surface area contributed by atoms with Crippen LogP contribution in [0.2, 0.25) is 0 Å². The summed E-state index contributed by atoms with van der Waals surface area (Å²) in [5.74, 6) is -1.05. The summed E-state index contributed by atoms with van der Waals surface area (Å²) < 4.78 is 5.08. The lowest BCUT2D eigenvalue weighted by Gasteiger charge is -2.31. The van der Waals surface area contributed by atoms with Crippen molar-refractivity contribution in [3.05, 3.63) is 16.1 Å². The first-order valence-corrected chi connectivity index (χ1v) is 7.17. The van der Waals surface area contributed by atoms with Gasteiger partial charge in [0.15, 0.2) is 6.10 Å². The predicted octanol–water partition coefficient (Wildman–Crippen LogP) is 1.01. The molecule has 1 aliphatic rings. The second-order valence-electron chi connectivity index (χ2n) is 4.64. The standard InChI is InChI=1S/C12H17N3O4S/c1-7-6-20-10(13-7)8(2)14-12(18)15-3-4-19-9(5-15)11(16)17/h6,8-9H,3-5H2,1-2H3,(H,14,18)(H,16,17). The Morgan fingerprint density at radius 1 is 1.65 bits per heavy atom. The number of hydrogen-bond acceptors (Lipinski definition) is 5. The molecule has 0 bridgehead atoms. The van der Waals surface area contributed by atoms with Crippen LogP contribution in [0.25, 0.3) is 0 Å². The lowest BCUT2D eigenvalue weighted by molar-refractivity contribution is -0.154. The molecule has 20 heavy (non-hydrogen) atoms. The first-order chi connectivity index (χ1) is 9.47. The Hall–Kier alpha value is -1.67. The SMILES string of the molecule is Cc1csc(C(C)NC(=O)N2CCOC(C(=O)O)C2)n1. The number of carbonyl (C=O) groups excluding carboxylic acids is 1. The van der Waals surface area contributed by atoms with Gasteiger partial charge in [-0.05, 0) is 13.8 Å². The number of aliphatic carboxylic acids is 1. The van der Waals surface area contributed by atoms with Crippen molar-refractivity contribution in [2.75, 3.05) is 19.7 Å². The van der Waals surface area contributed by atoms with E-state index in [4.69, 9.17) is 9.84 Å². The number of hydrogen-bond donors (Lipinski definition) is 2. The number of urea groups is 1. The first-order valence-electron chi connectivity index (χ1n) is 6.29. The molecule has 2 atom stereocenters. The van der Waals surface area contributed by atoms with Crippen LogP contribution in [0.15, 0.2) is 5.38 Å². The van der Waals surface area contributed by atoms with Gasteiger partial charge in [-0.1, -0.05) is 0 Å². The number of ether oxygens (including phenoxy) is 1. The molecule has 1 aromatic rings. The molecule has 1 aliphatic heterocycles. The third-order valence-electron chi connectivity index (χ3n) is 2.98. The molecule has 2 unspecified atom stereocenters. The molecule has 1 aromatic heterocycles. The van der Waals surface area contributed by atoms with Crippen LogP contribution in [0.4, 0.5) is 4.79 Å². The maximum Gasteiger partial charge on any atom is 0.334 e. The zero-order valence-electron chi connectivity index (χ0n) is 11.3. The van der Waals surface area contributed by atoms with Crippen molar-refractivity contribution in [1.29, 1.82) is 0 Å². The van der Waals surface area contributed by atoms with Crippen LogP contribution in [-0.4, -0.2) is 52.8 Å². The number of thiazole rings is 1. The molecule has 0 saturated carbocycles. The third kappa shape index (κ3) is 3.45. The lowest BCUT2D eigenvalue weighted by Crippen LogP contribution is -2.52. The largest absolute Gasteiger partial charge is 0.479 e. The van der Waals surface area contributed by atoms with Gasteiger partial charge < -0.3 is 20.1 Å².